The van der Waals surface area contributed by atoms with Crippen LogP contribution in [0.25, 0.3) is 11.1 Å². The molecule has 1 aliphatic heterocycles. The fourth-order valence-electron chi connectivity index (χ4n) is 2.37. The predicted octanol–water partition coefficient (Wildman–Crippen LogP) is 2.92. The molecule has 1 aliphatic rings. The molecule has 1 saturated heterocycles. The van der Waals surface area contributed by atoms with Crippen molar-refractivity contribution in [2.24, 2.45) is 0 Å². The zero-order chi connectivity index (χ0) is 11.7. The SMILES string of the molecule is Brc1ccc(-c2cn[nH]c2C2CCNC2)cc1. The first-order valence-corrected chi connectivity index (χ1v) is 6.64. The lowest BCUT2D eigenvalue weighted by Gasteiger charge is -2.09. The van der Waals surface area contributed by atoms with Gasteiger partial charge in [-0.3, -0.25) is 5.10 Å². The van der Waals surface area contributed by atoms with Crippen molar-refractivity contribution in [1.82, 2.24) is 15.5 Å². The largest absolute Gasteiger partial charge is 0.316 e. The minimum atomic E-state index is 0.566. The molecule has 2 N–H and O–H groups in total. The van der Waals surface area contributed by atoms with Gasteiger partial charge in [0.1, 0.15) is 0 Å². The van der Waals surface area contributed by atoms with Crippen molar-refractivity contribution in [2.75, 3.05) is 13.1 Å². The molecule has 1 aromatic carbocycles. The van der Waals surface area contributed by atoms with Gasteiger partial charge in [-0.05, 0) is 30.7 Å². The highest BCUT2D eigenvalue weighted by molar-refractivity contribution is 9.10. The zero-order valence-corrected chi connectivity index (χ0v) is 11.0. The molecule has 1 fully saturated rings. The van der Waals surface area contributed by atoms with Gasteiger partial charge in [0.2, 0.25) is 0 Å². The summed E-state index contributed by atoms with van der Waals surface area (Å²) < 4.78 is 1.11. The van der Waals surface area contributed by atoms with Crippen molar-refractivity contribution in [3.8, 4) is 11.1 Å². The summed E-state index contributed by atoms with van der Waals surface area (Å²) >= 11 is 3.46. The normalized spacial score (nSPS) is 19.7. The van der Waals surface area contributed by atoms with Gasteiger partial charge < -0.3 is 5.32 Å². The van der Waals surface area contributed by atoms with Gasteiger partial charge in [-0.25, -0.2) is 0 Å². The number of halogens is 1. The van der Waals surface area contributed by atoms with E-state index in [1.54, 1.807) is 0 Å². The van der Waals surface area contributed by atoms with E-state index in [9.17, 15) is 0 Å². The van der Waals surface area contributed by atoms with E-state index in [2.05, 4.69) is 55.7 Å². The Morgan fingerprint density at radius 2 is 2.06 bits per heavy atom. The van der Waals surface area contributed by atoms with Crippen LogP contribution in [-0.2, 0) is 0 Å². The molecule has 88 valence electrons. The van der Waals surface area contributed by atoms with Crippen molar-refractivity contribution in [1.29, 1.82) is 0 Å². The topological polar surface area (TPSA) is 40.7 Å². The van der Waals surface area contributed by atoms with E-state index < -0.39 is 0 Å². The summed E-state index contributed by atoms with van der Waals surface area (Å²) in [5.74, 6) is 0.566. The van der Waals surface area contributed by atoms with Crippen LogP contribution in [0.1, 0.15) is 18.0 Å². The van der Waals surface area contributed by atoms with Crippen molar-refractivity contribution < 1.29 is 0 Å². The number of aromatic amines is 1. The van der Waals surface area contributed by atoms with Crippen LogP contribution < -0.4 is 5.32 Å². The number of hydrogen-bond donors (Lipinski definition) is 2. The third-order valence-corrected chi connectivity index (χ3v) is 3.82. The van der Waals surface area contributed by atoms with Gasteiger partial charge in [0.05, 0.1) is 6.20 Å². The monoisotopic (exact) mass is 291 g/mol. The van der Waals surface area contributed by atoms with Crippen LogP contribution in [0, 0.1) is 0 Å². The second-order valence-corrected chi connectivity index (χ2v) is 5.31. The highest BCUT2D eigenvalue weighted by Gasteiger charge is 2.21. The Hall–Kier alpha value is -1.13. The molecule has 1 unspecified atom stereocenters. The van der Waals surface area contributed by atoms with Crippen molar-refractivity contribution >= 4 is 15.9 Å². The first-order valence-electron chi connectivity index (χ1n) is 5.84. The average molecular weight is 292 g/mol. The van der Waals surface area contributed by atoms with E-state index in [1.165, 1.54) is 23.2 Å². The van der Waals surface area contributed by atoms with E-state index in [4.69, 9.17) is 0 Å². The molecular formula is C13H14BrN3. The maximum atomic E-state index is 4.20. The predicted molar refractivity (Wildman–Crippen MR) is 72.0 cm³/mol. The number of hydrogen-bond acceptors (Lipinski definition) is 2. The van der Waals surface area contributed by atoms with Crippen molar-refractivity contribution in [3.05, 3.63) is 40.6 Å². The Morgan fingerprint density at radius 1 is 1.24 bits per heavy atom. The van der Waals surface area contributed by atoms with Crippen LogP contribution in [0.4, 0.5) is 0 Å². The number of aromatic nitrogens is 2. The van der Waals surface area contributed by atoms with E-state index in [0.29, 0.717) is 5.92 Å². The zero-order valence-electron chi connectivity index (χ0n) is 9.41. The van der Waals surface area contributed by atoms with E-state index >= 15 is 0 Å². The van der Waals surface area contributed by atoms with Gasteiger partial charge in [0.15, 0.2) is 0 Å². The molecule has 1 aromatic heterocycles. The third kappa shape index (κ3) is 2.15. The number of nitrogens with one attached hydrogen (secondary N) is 2. The highest BCUT2D eigenvalue weighted by atomic mass is 79.9. The number of H-pyrrole nitrogens is 1. The smallest absolute Gasteiger partial charge is 0.0568 e. The molecule has 2 heterocycles. The molecule has 0 aliphatic carbocycles. The Bertz CT molecular complexity index is 498. The molecule has 0 bridgehead atoms. The van der Waals surface area contributed by atoms with Crippen LogP contribution in [-0.4, -0.2) is 23.3 Å². The van der Waals surface area contributed by atoms with Crippen LogP contribution in [0.5, 0.6) is 0 Å². The molecule has 2 aromatic rings. The van der Waals surface area contributed by atoms with Gasteiger partial charge in [-0.2, -0.15) is 5.10 Å². The van der Waals surface area contributed by atoms with Gasteiger partial charge in [0.25, 0.3) is 0 Å². The summed E-state index contributed by atoms with van der Waals surface area (Å²) in [6.07, 6.45) is 3.11. The number of rotatable bonds is 2. The lowest BCUT2D eigenvalue weighted by molar-refractivity contribution is 0.731. The highest BCUT2D eigenvalue weighted by Crippen LogP contribution is 2.31. The third-order valence-electron chi connectivity index (χ3n) is 3.29. The van der Waals surface area contributed by atoms with Crippen LogP contribution in [0.3, 0.4) is 0 Å². The first kappa shape index (κ1) is 11.0. The van der Waals surface area contributed by atoms with Crippen molar-refractivity contribution in [3.63, 3.8) is 0 Å². The van der Waals surface area contributed by atoms with Crippen molar-refractivity contribution in [2.45, 2.75) is 12.3 Å². The molecule has 3 rings (SSSR count). The molecule has 3 nitrogen and oxygen atoms in total. The second kappa shape index (κ2) is 4.63. The van der Waals surface area contributed by atoms with Crippen LogP contribution in [0.2, 0.25) is 0 Å². The summed E-state index contributed by atoms with van der Waals surface area (Å²) in [4.78, 5) is 0. The quantitative estimate of drug-likeness (QED) is 0.893. The fourth-order valence-corrected chi connectivity index (χ4v) is 2.63. The summed E-state index contributed by atoms with van der Waals surface area (Å²) in [6.45, 7) is 2.15. The Labute approximate surface area is 109 Å². The maximum Gasteiger partial charge on any atom is 0.0568 e. The standard InChI is InChI=1S/C13H14BrN3/c14-11-3-1-9(2-4-11)12-8-16-17-13(12)10-5-6-15-7-10/h1-4,8,10,15H,5-7H2,(H,16,17). The maximum absolute atomic E-state index is 4.20. The summed E-state index contributed by atoms with van der Waals surface area (Å²) in [5.41, 5.74) is 3.72. The molecule has 0 amide bonds. The minimum Gasteiger partial charge on any atom is -0.316 e. The van der Waals surface area contributed by atoms with E-state index in [1.807, 2.05) is 6.20 Å². The summed E-state index contributed by atoms with van der Waals surface area (Å²) in [5, 5.41) is 10.8. The fraction of sp³-hybridized carbons (Fsp3) is 0.308. The van der Waals surface area contributed by atoms with E-state index in [-0.39, 0.29) is 0 Å². The second-order valence-electron chi connectivity index (χ2n) is 4.39. The molecular weight excluding hydrogens is 278 g/mol. The van der Waals surface area contributed by atoms with E-state index in [0.717, 1.165) is 17.6 Å². The number of nitrogens with zero attached hydrogens (tertiary/aromatic N) is 1. The van der Waals surface area contributed by atoms with Crippen LogP contribution in [0.15, 0.2) is 34.9 Å². The Balaban J connectivity index is 1.97. The molecule has 17 heavy (non-hydrogen) atoms. The van der Waals surface area contributed by atoms with Gasteiger partial charge in [-0.15, -0.1) is 0 Å². The molecule has 4 heteroatoms. The molecule has 0 spiro atoms. The van der Waals surface area contributed by atoms with Gasteiger partial charge in [-0.1, -0.05) is 28.1 Å². The summed E-state index contributed by atoms with van der Waals surface area (Å²) in [6, 6.07) is 8.39. The lowest BCUT2D eigenvalue weighted by atomic mass is 9.97. The van der Waals surface area contributed by atoms with Crippen LogP contribution >= 0.6 is 15.9 Å². The lowest BCUT2D eigenvalue weighted by Crippen LogP contribution is -2.08. The molecule has 1 atom stereocenters. The Kier molecular flexibility index (Phi) is 2.99. The minimum absolute atomic E-state index is 0.566. The average Bonchev–Trinajstić information content (AvgIpc) is 3.00. The Morgan fingerprint density at radius 3 is 2.76 bits per heavy atom. The van der Waals surface area contributed by atoms with Gasteiger partial charge >= 0.3 is 0 Å². The molecule has 0 saturated carbocycles. The van der Waals surface area contributed by atoms with Gasteiger partial charge in [0, 0.05) is 28.2 Å². The molecule has 0 radical (unpaired) electrons. The summed E-state index contributed by atoms with van der Waals surface area (Å²) in [7, 11) is 0. The first-order chi connectivity index (χ1) is 8.34. The number of benzene rings is 1.